The molecule has 1 aliphatic heterocycles. The molecule has 3 aliphatic rings. The number of carboxylic acids is 1. The monoisotopic (exact) mass is 572 g/mol. The summed E-state index contributed by atoms with van der Waals surface area (Å²) >= 11 is 18.9. The molecule has 0 radical (unpaired) electrons. The van der Waals surface area contributed by atoms with Gasteiger partial charge in [0.05, 0.1) is 15.5 Å². The van der Waals surface area contributed by atoms with Crippen LogP contribution in [0.5, 0.6) is 0 Å². The minimum atomic E-state index is -2.99. The second-order valence-corrected chi connectivity index (χ2v) is 11.0. The van der Waals surface area contributed by atoms with E-state index in [1.807, 2.05) is 0 Å². The van der Waals surface area contributed by atoms with Gasteiger partial charge in [-0.15, -0.1) is 0 Å². The number of nitrogens with zero attached hydrogens (tertiary/aromatic N) is 2. The van der Waals surface area contributed by atoms with Crippen LogP contribution in [0.4, 0.5) is 8.78 Å². The molecule has 0 bridgehead atoms. The van der Waals surface area contributed by atoms with Crippen molar-refractivity contribution in [2.75, 3.05) is 0 Å². The number of benzene rings is 1. The van der Waals surface area contributed by atoms with Crippen LogP contribution in [0.15, 0.2) is 28.8 Å². The quantitative estimate of drug-likeness (QED) is 0.261. The molecule has 0 amide bonds. The first-order valence-electron chi connectivity index (χ1n) is 11.5. The van der Waals surface area contributed by atoms with Crippen LogP contribution in [0.1, 0.15) is 52.2 Å². The maximum absolute atomic E-state index is 14.6. The first-order valence-corrected chi connectivity index (χ1v) is 12.7. The fourth-order valence-electron chi connectivity index (χ4n) is 6.31. The molecule has 1 N–H and O–H groups in total. The Balaban J connectivity index is 1.56. The van der Waals surface area contributed by atoms with Crippen molar-refractivity contribution < 1.29 is 28.0 Å². The minimum Gasteiger partial charge on any atom is -0.478 e. The SMILES string of the molecule is O=C(O)/C=C1\CCc2c3n(c4c#ccc1c24)C(=O)c1c(-c2c(Cl)cc(Cl)cc2Cl)noc1C31CC(F)(F)C1. The molecule has 0 atom stereocenters. The molecule has 0 unspecified atom stereocenters. The van der Waals surface area contributed by atoms with Crippen LogP contribution in [-0.4, -0.2) is 32.6 Å². The van der Waals surface area contributed by atoms with Gasteiger partial charge in [0.15, 0.2) is 5.76 Å². The molecule has 1 fully saturated rings. The fraction of sp³-hybridized carbons (Fsp3) is 0.222. The van der Waals surface area contributed by atoms with Crippen LogP contribution < -0.4 is 0 Å². The van der Waals surface area contributed by atoms with Gasteiger partial charge in [0.25, 0.3) is 11.8 Å². The Hall–Kier alpha value is -3.38. The van der Waals surface area contributed by atoms with E-state index >= 15 is 0 Å². The van der Waals surface area contributed by atoms with Gasteiger partial charge >= 0.3 is 5.97 Å². The highest BCUT2D eigenvalue weighted by molar-refractivity contribution is 6.42. The van der Waals surface area contributed by atoms with Gasteiger partial charge in [-0.25, -0.2) is 13.6 Å². The van der Waals surface area contributed by atoms with E-state index in [0.29, 0.717) is 46.1 Å². The molecule has 6 nitrogen and oxygen atoms in total. The predicted octanol–water partition coefficient (Wildman–Crippen LogP) is 6.99. The molecule has 4 aromatic rings. The minimum absolute atomic E-state index is 0.0121. The third-order valence-electron chi connectivity index (χ3n) is 7.60. The number of aryl methyl sites for hydroxylation is 1. The van der Waals surface area contributed by atoms with Crippen molar-refractivity contribution >= 4 is 63.2 Å². The number of fused-ring (bicyclic) bond motifs is 6. The molecule has 2 aliphatic carbocycles. The van der Waals surface area contributed by atoms with E-state index in [2.05, 4.69) is 17.3 Å². The highest BCUT2D eigenvalue weighted by Gasteiger charge is 2.66. The zero-order valence-electron chi connectivity index (χ0n) is 19.1. The fourth-order valence-corrected chi connectivity index (χ4v) is 7.30. The highest BCUT2D eigenvalue weighted by Crippen LogP contribution is 2.62. The lowest BCUT2D eigenvalue weighted by molar-refractivity contribution is -0.131. The summed E-state index contributed by atoms with van der Waals surface area (Å²) in [6, 6.07) is 10.3. The van der Waals surface area contributed by atoms with Gasteiger partial charge in [-0.05, 0) is 53.8 Å². The van der Waals surface area contributed by atoms with Gasteiger partial charge in [0, 0.05) is 40.6 Å². The van der Waals surface area contributed by atoms with E-state index in [4.69, 9.17) is 39.3 Å². The molecule has 190 valence electrons. The van der Waals surface area contributed by atoms with Gasteiger partial charge < -0.3 is 9.63 Å². The Kier molecular flexibility index (Phi) is 4.74. The van der Waals surface area contributed by atoms with Crippen LogP contribution in [-0.2, 0) is 16.6 Å². The molecular formula is C27H13Cl3F2N2O4. The average molecular weight is 574 g/mol. The summed E-state index contributed by atoms with van der Waals surface area (Å²) < 4.78 is 36.4. The summed E-state index contributed by atoms with van der Waals surface area (Å²) in [6.45, 7) is 0. The number of hydrogen-bond acceptors (Lipinski definition) is 4. The molecular weight excluding hydrogens is 561 g/mol. The third-order valence-corrected chi connectivity index (χ3v) is 8.41. The van der Waals surface area contributed by atoms with E-state index in [1.165, 1.54) is 16.7 Å². The van der Waals surface area contributed by atoms with Crippen molar-refractivity contribution in [3.05, 3.63) is 79.6 Å². The van der Waals surface area contributed by atoms with E-state index < -0.39 is 36.1 Å². The number of aliphatic carboxylic acids is 1. The molecule has 7 rings (SSSR count). The summed E-state index contributed by atoms with van der Waals surface area (Å²) in [4.78, 5) is 25.6. The van der Waals surface area contributed by atoms with Crippen molar-refractivity contribution in [3.63, 3.8) is 0 Å². The maximum atomic E-state index is 14.6. The number of hydrogen-bond donors (Lipinski definition) is 1. The molecule has 3 heterocycles. The lowest BCUT2D eigenvalue weighted by atomic mass is 9.59. The van der Waals surface area contributed by atoms with Gasteiger partial charge in [-0.1, -0.05) is 46.0 Å². The Morgan fingerprint density at radius 3 is 2.53 bits per heavy atom. The molecule has 2 aromatic heterocycles. The number of aromatic nitrogens is 2. The molecule has 38 heavy (non-hydrogen) atoms. The molecule has 11 heteroatoms. The molecule has 2 aromatic carbocycles. The second-order valence-electron chi connectivity index (χ2n) is 9.80. The maximum Gasteiger partial charge on any atom is 0.328 e. The lowest BCUT2D eigenvalue weighted by Crippen LogP contribution is -2.54. The average Bonchev–Trinajstić information content (AvgIpc) is 3.39. The zero-order valence-corrected chi connectivity index (χ0v) is 21.4. The van der Waals surface area contributed by atoms with Crippen molar-refractivity contribution in [2.24, 2.45) is 0 Å². The largest absolute Gasteiger partial charge is 0.478 e. The zero-order chi connectivity index (χ0) is 26.7. The molecule has 1 spiro atoms. The van der Waals surface area contributed by atoms with E-state index in [1.54, 1.807) is 6.07 Å². The van der Waals surface area contributed by atoms with E-state index in [9.17, 15) is 23.5 Å². The Labute approximate surface area is 228 Å². The second kappa shape index (κ2) is 7.60. The Morgan fingerprint density at radius 2 is 1.87 bits per heavy atom. The van der Waals surface area contributed by atoms with Crippen molar-refractivity contribution in [2.45, 2.75) is 37.0 Å². The van der Waals surface area contributed by atoms with Crippen molar-refractivity contribution in [1.82, 2.24) is 9.72 Å². The van der Waals surface area contributed by atoms with Crippen molar-refractivity contribution in [1.29, 1.82) is 0 Å². The van der Waals surface area contributed by atoms with Crippen LogP contribution in [0.25, 0.3) is 27.7 Å². The standard InChI is InChI=1S/C27H13Cl3F2N2O4/c28-12-7-15(29)20(16(30)8-12)22-21-24(38-33-22)26(9-27(31,32)10-26)23-14-5-4-11(6-18(35)36)13-2-1-3-17(19(13)14)34(23)25(21)37/h2,6-8H,4-5,9-10H2,(H,35,36)/b11-6+. The van der Waals surface area contributed by atoms with E-state index in [0.717, 1.165) is 6.08 Å². The van der Waals surface area contributed by atoms with Crippen LogP contribution >= 0.6 is 34.8 Å². The summed E-state index contributed by atoms with van der Waals surface area (Å²) in [5.74, 6) is -4.62. The van der Waals surface area contributed by atoms with Crippen LogP contribution in [0, 0.1) is 12.1 Å². The summed E-state index contributed by atoms with van der Waals surface area (Å²) in [5.41, 5.74) is 1.44. The first kappa shape index (κ1) is 23.7. The Morgan fingerprint density at radius 1 is 1.16 bits per heavy atom. The van der Waals surface area contributed by atoms with Gasteiger partial charge in [-0.2, -0.15) is 0 Å². The van der Waals surface area contributed by atoms with Gasteiger partial charge in [0.2, 0.25) is 0 Å². The van der Waals surface area contributed by atoms with E-state index in [-0.39, 0.29) is 37.6 Å². The smallest absolute Gasteiger partial charge is 0.328 e. The molecule has 1 saturated carbocycles. The summed E-state index contributed by atoms with van der Waals surface area (Å²) in [6.07, 6.45) is 0.658. The first-order chi connectivity index (χ1) is 18.0. The Bertz CT molecular complexity index is 1770. The number of alkyl halides is 2. The number of rotatable bonds is 2. The van der Waals surface area contributed by atoms with Gasteiger partial charge in [-0.3, -0.25) is 9.36 Å². The number of carboxylic acid groups (broad SMARTS) is 1. The number of halogens is 5. The normalized spacial score (nSPS) is 19.3. The number of carbonyl (C=O) groups excluding carboxylic acids is 1. The van der Waals surface area contributed by atoms with Crippen LogP contribution in [0.3, 0.4) is 0 Å². The summed E-state index contributed by atoms with van der Waals surface area (Å²) in [7, 11) is 0. The number of allylic oxidation sites excluding steroid dienone is 1. The number of carbonyl (C=O) groups is 2. The van der Waals surface area contributed by atoms with Gasteiger partial charge in [0.1, 0.15) is 16.8 Å². The molecule has 0 saturated heterocycles. The highest BCUT2D eigenvalue weighted by atomic mass is 35.5. The predicted molar refractivity (Wildman–Crippen MR) is 135 cm³/mol. The van der Waals surface area contributed by atoms with Crippen molar-refractivity contribution in [3.8, 4) is 11.3 Å². The third kappa shape index (κ3) is 2.98. The summed E-state index contributed by atoms with van der Waals surface area (Å²) in [5, 5.41) is 14.6. The lowest BCUT2D eigenvalue weighted by Gasteiger charge is -2.48. The topological polar surface area (TPSA) is 85.3 Å². The van der Waals surface area contributed by atoms with Crippen LogP contribution in [0.2, 0.25) is 15.1 Å².